The first-order valence-electron chi connectivity index (χ1n) is 12.3. The molecule has 5 saturated carbocycles. The van der Waals surface area contributed by atoms with Gasteiger partial charge in [0.25, 0.3) is 0 Å². The van der Waals surface area contributed by atoms with E-state index in [-0.39, 0.29) is 0 Å². The minimum Gasteiger partial charge on any atom is -0.396 e. The van der Waals surface area contributed by atoms with Crippen LogP contribution < -0.4 is 0 Å². The van der Waals surface area contributed by atoms with Gasteiger partial charge < -0.3 is 5.11 Å². The van der Waals surface area contributed by atoms with Gasteiger partial charge in [-0.2, -0.15) is 0 Å². The molecule has 1 N–H and O–H groups in total. The summed E-state index contributed by atoms with van der Waals surface area (Å²) in [6.07, 6.45) is 14.9. The van der Waals surface area contributed by atoms with Crippen LogP contribution in [0.5, 0.6) is 0 Å². The minimum atomic E-state index is 0.309. The summed E-state index contributed by atoms with van der Waals surface area (Å²) >= 11 is 0. The molecule has 0 heterocycles. The standard InChI is InChI=1S/C26H42O2/c1-18(7-5-14-27)24-10-6-9-23(24,4)21-16-22(2,3)20-15-19(28)8-11-25(20)17-26(21,25)13-12-24/h18,20-21,27H,5-17H2,1-4H3/t18-,20?,21?,23+,24+,25-,26+/m1/s1. The molecule has 158 valence electrons. The van der Waals surface area contributed by atoms with Gasteiger partial charge >= 0.3 is 0 Å². The molecule has 0 aromatic rings. The molecule has 0 aliphatic heterocycles. The Morgan fingerprint density at radius 2 is 1.79 bits per heavy atom. The molecule has 5 aliphatic carbocycles. The summed E-state index contributed by atoms with van der Waals surface area (Å²) in [5, 5.41) is 9.44. The Labute approximate surface area is 172 Å². The summed E-state index contributed by atoms with van der Waals surface area (Å²) in [7, 11) is 0. The molecule has 0 aromatic heterocycles. The Bertz CT molecular complexity index is 682. The third kappa shape index (κ3) is 2.12. The minimum absolute atomic E-state index is 0.309. The van der Waals surface area contributed by atoms with E-state index < -0.39 is 0 Å². The fraction of sp³-hybridized carbons (Fsp3) is 0.962. The van der Waals surface area contributed by atoms with E-state index in [9.17, 15) is 9.90 Å². The van der Waals surface area contributed by atoms with E-state index in [1.54, 1.807) is 0 Å². The van der Waals surface area contributed by atoms with Crippen LogP contribution in [0.4, 0.5) is 0 Å². The summed E-state index contributed by atoms with van der Waals surface area (Å²) in [6, 6.07) is 0. The number of hydrogen-bond donors (Lipinski definition) is 1. The maximum absolute atomic E-state index is 12.4. The lowest BCUT2D eigenvalue weighted by atomic mass is 9.39. The molecule has 0 aromatic carbocycles. The lowest BCUT2D eigenvalue weighted by molar-refractivity contribution is -0.170. The van der Waals surface area contributed by atoms with Gasteiger partial charge in [0.05, 0.1) is 0 Å². The van der Waals surface area contributed by atoms with Crippen molar-refractivity contribution in [1.82, 2.24) is 0 Å². The monoisotopic (exact) mass is 386 g/mol. The first-order chi connectivity index (χ1) is 13.2. The second kappa shape index (κ2) is 5.86. The molecule has 0 bridgehead atoms. The van der Waals surface area contributed by atoms with Crippen LogP contribution in [-0.2, 0) is 4.79 Å². The summed E-state index contributed by atoms with van der Waals surface area (Å²) in [5.41, 5.74) is 2.33. The summed E-state index contributed by atoms with van der Waals surface area (Å²) in [4.78, 5) is 12.4. The molecule has 5 aliphatic rings. The highest BCUT2D eigenvalue weighted by Gasteiger charge is 2.82. The van der Waals surface area contributed by atoms with Crippen molar-refractivity contribution in [3.8, 4) is 0 Å². The van der Waals surface area contributed by atoms with Crippen molar-refractivity contribution in [2.75, 3.05) is 6.61 Å². The largest absolute Gasteiger partial charge is 0.396 e. The molecule has 5 fully saturated rings. The number of carbonyl (C=O) groups excluding carboxylic acids is 1. The van der Waals surface area contributed by atoms with Gasteiger partial charge in [-0.1, -0.05) is 34.1 Å². The normalized spacial score (nSPS) is 52.2. The van der Waals surface area contributed by atoms with Crippen molar-refractivity contribution in [3.63, 3.8) is 0 Å². The van der Waals surface area contributed by atoms with E-state index in [2.05, 4.69) is 27.7 Å². The second-order valence-corrected chi connectivity index (χ2v) is 12.7. The van der Waals surface area contributed by atoms with Crippen LogP contribution in [-0.4, -0.2) is 17.5 Å². The average molecular weight is 387 g/mol. The van der Waals surface area contributed by atoms with Crippen LogP contribution in [0.15, 0.2) is 0 Å². The third-order valence-corrected chi connectivity index (χ3v) is 11.8. The molecule has 0 saturated heterocycles. The summed E-state index contributed by atoms with van der Waals surface area (Å²) in [5.74, 6) is 2.76. The predicted molar refractivity (Wildman–Crippen MR) is 113 cm³/mol. The average Bonchev–Trinajstić information content (AvgIpc) is 3.15. The zero-order valence-electron chi connectivity index (χ0n) is 18.8. The van der Waals surface area contributed by atoms with Gasteiger partial charge in [-0.25, -0.2) is 0 Å². The number of fused-ring (bicyclic) bond motifs is 2. The van der Waals surface area contributed by atoms with E-state index in [1.807, 2.05) is 0 Å². The highest BCUT2D eigenvalue weighted by atomic mass is 16.2. The van der Waals surface area contributed by atoms with Gasteiger partial charge in [0, 0.05) is 19.4 Å². The third-order valence-electron chi connectivity index (χ3n) is 11.8. The fourth-order valence-electron chi connectivity index (χ4n) is 10.5. The number of Topliss-reactive ketones (excluding diaryl/α,β-unsaturated/α-hetero) is 1. The SMILES string of the molecule is C[C@H](CCCO)[C@@]12CCC[C@@]1(C)C1CC(C)(C)C3CC(=O)CC[C@@]34C[C@@]14CC2. The molecule has 2 spiro atoms. The molecular formula is C26H42O2. The Morgan fingerprint density at radius 3 is 2.54 bits per heavy atom. The molecule has 2 nitrogen and oxygen atoms in total. The number of hydrogen-bond acceptors (Lipinski definition) is 2. The number of carbonyl (C=O) groups is 1. The smallest absolute Gasteiger partial charge is 0.133 e. The maximum atomic E-state index is 12.4. The van der Waals surface area contributed by atoms with E-state index in [4.69, 9.17) is 0 Å². The van der Waals surface area contributed by atoms with Crippen molar-refractivity contribution < 1.29 is 9.90 Å². The highest BCUT2D eigenvalue weighted by Crippen LogP contribution is 2.89. The van der Waals surface area contributed by atoms with Crippen LogP contribution in [0.2, 0.25) is 0 Å². The van der Waals surface area contributed by atoms with Crippen LogP contribution in [0.3, 0.4) is 0 Å². The zero-order chi connectivity index (χ0) is 20.0. The molecule has 0 radical (unpaired) electrons. The number of ketones is 1. The highest BCUT2D eigenvalue weighted by molar-refractivity contribution is 5.80. The van der Waals surface area contributed by atoms with Crippen LogP contribution in [0, 0.1) is 44.8 Å². The fourth-order valence-corrected chi connectivity index (χ4v) is 10.5. The van der Waals surface area contributed by atoms with Gasteiger partial charge in [-0.3, -0.25) is 4.79 Å². The van der Waals surface area contributed by atoms with Gasteiger partial charge in [0.1, 0.15) is 5.78 Å². The quantitative estimate of drug-likeness (QED) is 0.628. The van der Waals surface area contributed by atoms with Gasteiger partial charge in [0.15, 0.2) is 0 Å². The Hall–Kier alpha value is -0.370. The number of aliphatic hydroxyl groups excluding tert-OH is 1. The topological polar surface area (TPSA) is 37.3 Å². The van der Waals surface area contributed by atoms with Crippen LogP contribution in [0.25, 0.3) is 0 Å². The van der Waals surface area contributed by atoms with Gasteiger partial charge in [-0.05, 0) is 103 Å². The molecule has 5 rings (SSSR count). The van der Waals surface area contributed by atoms with Gasteiger partial charge in [0.2, 0.25) is 0 Å². The molecule has 7 atom stereocenters. The van der Waals surface area contributed by atoms with Crippen molar-refractivity contribution >= 4 is 5.78 Å². The second-order valence-electron chi connectivity index (χ2n) is 12.7. The Balaban J connectivity index is 1.54. The van der Waals surface area contributed by atoms with E-state index >= 15 is 0 Å². The van der Waals surface area contributed by atoms with Crippen LogP contribution >= 0.6 is 0 Å². The molecule has 2 heteroatoms. The molecule has 28 heavy (non-hydrogen) atoms. The lowest BCUT2D eigenvalue weighted by Gasteiger charge is -2.65. The predicted octanol–water partition coefficient (Wildman–Crippen LogP) is 6.16. The van der Waals surface area contributed by atoms with Crippen molar-refractivity contribution in [2.45, 2.75) is 105 Å². The van der Waals surface area contributed by atoms with Crippen molar-refractivity contribution in [1.29, 1.82) is 0 Å². The Morgan fingerprint density at radius 1 is 1.04 bits per heavy atom. The first kappa shape index (κ1) is 19.6. The van der Waals surface area contributed by atoms with Crippen molar-refractivity contribution in [3.05, 3.63) is 0 Å². The molecule has 2 unspecified atom stereocenters. The first-order valence-corrected chi connectivity index (χ1v) is 12.3. The summed E-state index contributed by atoms with van der Waals surface area (Å²) in [6.45, 7) is 10.6. The van der Waals surface area contributed by atoms with E-state index in [0.29, 0.717) is 45.4 Å². The van der Waals surface area contributed by atoms with Crippen LogP contribution in [0.1, 0.15) is 105 Å². The summed E-state index contributed by atoms with van der Waals surface area (Å²) < 4.78 is 0. The lowest BCUT2D eigenvalue weighted by Crippen LogP contribution is -2.59. The zero-order valence-corrected chi connectivity index (χ0v) is 18.8. The van der Waals surface area contributed by atoms with Crippen molar-refractivity contribution in [2.24, 2.45) is 44.8 Å². The number of aliphatic hydroxyl groups is 1. The molecular weight excluding hydrogens is 344 g/mol. The Kier molecular flexibility index (Phi) is 4.10. The van der Waals surface area contributed by atoms with E-state index in [0.717, 1.165) is 31.1 Å². The maximum Gasteiger partial charge on any atom is 0.133 e. The van der Waals surface area contributed by atoms with E-state index in [1.165, 1.54) is 57.8 Å². The van der Waals surface area contributed by atoms with Gasteiger partial charge in [-0.15, -0.1) is 0 Å². The number of rotatable bonds is 4. The molecule has 0 amide bonds.